The second kappa shape index (κ2) is 6.58. The number of benzene rings is 1. The van der Waals surface area contributed by atoms with Crippen LogP contribution < -0.4 is 0 Å². The van der Waals surface area contributed by atoms with Crippen LogP contribution in [0.2, 0.25) is 0 Å². The number of hydrogen-bond donors (Lipinski definition) is 1. The van der Waals surface area contributed by atoms with Crippen molar-refractivity contribution in [1.29, 1.82) is 0 Å². The fourth-order valence-corrected chi connectivity index (χ4v) is 1.80. The van der Waals surface area contributed by atoms with Gasteiger partial charge in [-0.2, -0.15) is 0 Å². The summed E-state index contributed by atoms with van der Waals surface area (Å²) in [6.07, 6.45) is 3.28. The lowest BCUT2D eigenvalue weighted by Gasteiger charge is -2.32. The summed E-state index contributed by atoms with van der Waals surface area (Å²) < 4.78 is 6.04. The van der Waals surface area contributed by atoms with E-state index in [0.717, 1.165) is 18.4 Å². The van der Waals surface area contributed by atoms with Crippen LogP contribution in [-0.2, 0) is 4.74 Å². The maximum Gasteiger partial charge on any atom is 0.106 e. The van der Waals surface area contributed by atoms with E-state index in [9.17, 15) is 5.11 Å². The molecule has 0 aliphatic carbocycles. The third kappa shape index (κ3) is 3.99. The van der Waals surface area contributed by atoms with Crippen LogP contribution in [0.25, 0.3) is 0 Å². The normalized spacial score (nSPS) is 16.2. The van der Waals surface area contributed by atoms with Crippen molar-refractivity contribution in [2.45, 2.75) is 38.4 Å². The first-order valence-corrected chi connectivity index (χ1v) is 6.09. The summed E-state index contributed by atoms with van der Waals surface area (Å²) in [5, 5.41) is 9.46. The fraction of sp³-hybridized carbons (Fsp3) is 0.467. The monoisotopic (exact) mass is 234 g/mol. The van der Waals surface area contributed by atoms with Gasteiger partial charge >= 0.3 is 0 Å². The van der Waals surface area contributed by atoms with Crippen LogP contribution in [0.4, 0.5) is 0 Å². The Balaban J connectivity index is 2.79. The van der Waals surface area contributed by atoms with Crippen LogP contribution in [0.3, 0.4) is 0 Å². The smallest absolute Gasteiger partial charge is 0.106 e. The summed E-state index contributed by atoms with van der Waals surface area (Å²) in [7, 11) is 0. The summed E-state index contributed by atoms with van der Waals surface area (Å²) in [5.41, 5.74) is 0.754. The molecule has 0 bridgehead atoms. The lowest BCUT2D eigenvalue weighted by atomic mass is 9.98. The lowest BCUT2D eigenvalue weighted by Crippen LogP contribution is -2.30. The van der Waals surface area contributed by atoms with Gasteiger partial charge in [-0.1, -0.05) is 43.3 Å². The third-order valence-corrected chi connectivity index (χ3v) is 3.09. The van der Waals surface area contributed by atoms with Gasteiger partial charge in [0.25, 0.3) is 0 Å². The topological polar surface area (TPSA) is 29.5 Å². The minimum Gasteiger partial charge on any atom is -0.393 e. The second-order valence-corrected chi connectivity index (χ2v) is 4.50. The van der Waals surface area contributed by atoms with Crippen LogP contribution in [0.15, 0.2) is 43.0 Å². The summed E-state index contributed by atoms with van der Waals surface area (Å²) in [6, 6.07) is 9.83. The maximum atomic E-state index is 9.46. The SMILES string of the molecule is C=CCC(C)(CC)OC(CO)c1ccccc1. The zero-order chi connectivity index (χ0) is 12.7. The molecule has 17 heavy (non-hydrogen) atoms. The van der Waals surface area contributed by atoms with Gasteiger partial charge in [-0.25, -0.2) is 0 Å². The first-order chi connectivity index (χ1) is 8.15. The molecule has 1 aromatic carbocycles. The van der Waals surface area contributed by atoms with Gasteiger partial charge in [-0.15, -0.1) is 6.58 Å². The quantitative estimate of drug-likeness (QED) is 0.732. The highest BCUT2D eigenvalue weighted by atomic mass is 16.5. The zero-order valence-corrected chi connectivity index (χ0v) is 10.7. The van der Waals surface area contributed by atoms with Crippen LogP contribution in [-0.4, -0.2) is 17.3 Å². The highest BCUT2D eigenvalue weighted by Crippen LogP contribution is 2.29. The van der Waals surface area contributed by atoms with E-state index in [1.165, 1.54) is 0 Å². The van der Waals surface area contributed by atoms with Crippen molar-refractivity contribution in [3.8, 4) is 0 Å². The van der Waals surface area contributed by atoms with Crippen molar-refractivity contribution in [2.24, 2.45) is 0 Å². The standard InChI is InChI=1S/C15H22O2/c1-4-11-15(3,5-2)17-14(12-16)13-9-7-6-8-10-13/h4,6-10,14,16H,1,5,11-12H2,2-3H3. The minimum absolute atomic E-state index is 0.00323. The fourth-order valence-electron chi connectivity index (χ4n) is 1.80. The zero-order valence-electron chi connectivity index (χ0n) is 10.7. The average molecular weight is 234 g/mol. The summed E-state index contributed by atoms with van der Waals surface area (Å²) in [6.45, 7) is 7.90. The molecule has 2 heteroatoms. The maximum absolute atomic E-state index is 9.46. The molecule has 2 nitrogen and oxygen atoms in total. The molecule has 1 rings (SSSR count). The first-order valence-electron chi connectivity index (χ1n) is 6.09. The van der Waals surface area contributed by atoms with E-state index in [2.05, 4.69) is 20.4 Å². The van der Waals surface area contributed by atoms with Gasteiger partial charge in [0.2, 0.25) is 0 Å². The Morgan fingerprint density at radius 3 is 2.53 bits per heavy atom. The van der Waals surface area contributed by atoms with Crippen LogP contribution in [0, 0.1) is 0 Å². The Morgan fingerprint density at radius 2 is 2.06 bits per heavy atom. The number of rotatable bonds is 7. The van der Waals surface area contributed by atoms with Gasteiger partial charge < -0.3 is 9.84 Å². The van der Waals surface area contributed by atoms with Crippen molar-refractivity contribution in [3.63, 3.8) is 0 Å². The molecule has 0 radical (unpaired) electrons. The Kier molecular flexibility index (Phi) is 5.39. The van der Waals surface area contributed by atoms with Gasteiger partial charge in [0.15, 0.2) is 0 Å². The molecule has 0 saturated carbocycles. The van der Waals surface area contributed by atoms with Crippen LogP contribution in [0.1, 0.15) is 38.4 Å². The Hall–Kier alpha value is -1.12. The van der Waals surface area contributed by atoms with Gasteiger partial charge in [-0.3, -0.25) is 0 Å². The Morgan fingerprint density at radius 1 is 1.41 bits per heavy atom. The van der Waals surface area contributed by atoms with E-state index < -0.39 is 0 Å². The summed E-state index contributed by atoms with van der Waals surface area (Å²) in [4.78, 5) is 0. The summed E-state index contributed by atoms with van der Waals surface area (Å²) in [5.74, 6) is 0. The Bertz CT molecular complexity index is 334. The number of aliphatic hydroxyl groups excluding tert-OH is 1. The van der Waals surface area contributed by atoms with Crippen molar-refractivity contribution in [2.75, 3.05) is 6.61 Å². The molecule has 1 N–H and O–H groups in total. The molecule has 0 saturated heterocycles. The van der Waals surface area contributed by atoms with Crippen molar-refractivity contribution in [1.82, 2.24) is 0 Å². The van der Waals surface area contributed by atoms with Gasteiger partial charge in [-0.05, 0) is 25.3 Å². The molecular formula is C15H22O2. The number of hydrogen-bond acceptors (Lipinski definition) is 2. The molecule has 2 unspecified atom stereocenters. The van der Waals surface area contributed by atoms with E-state index in [4.69, 9.17) is 4.74 Å². The van der Waals surface area contributed by atoms with Gasteiger partial charge in [0.1, 0.15) is 6.10 Å². The molecular weight excluding hydrogens is 212 g/mol. The highest BCUT2D eigenvalue weighted by Gasteiger charge is 2.26. The third-order valence-electron chi connectivity index (χ3n) is 3.09. The van der Waals surface area contributed by atoms with Crippen LogP contribution >= 0.6 is 0 Å². The molecule has 0 spiro atoms. The predicted octanol–water partition coefficient (Wildman–Crippen LogP) is 3.48. The molecule has 0 aliphatic rings. The molecule has 94 valence electrons. The molecule has 0 heterocycles. The first kappa shape index (κ1) is 13.9. The summed E-state index contributed by atoms with van der Waals surface area (Å²) >= 11 is 0. The van der Waals surface area contributed by atoms with Gasteiger partial charge in [0, 0.05) is 0 Å². The molecule has 1 aromatic rings. The van der Waals surface area contributed by atoms with Crippen LogP contribution in [0.5, 0.6) is 0 Å². The lowest BCUT2D eigenvalue weighted by molar-refractivity contribution is -0.103. The molecule has 0 amide bonds. The second-order valence-electron chi connectivity index (χ2n) is 4.50. The molecule has 2 atom stereocenters. The van der Waals surface area contributed by atoms with E-state index in [0.29, 0.717) is 0 Å². The molecule has 0 aromatic heterocycles. The molecule has 0 fully saturated rings. The highest BCUT2D eigenvalue weighted by molar-refractivity contribution is 5.17. The van der Waals surface area contributed by atoms with Crippen molar-refractivity contribution < 1.29 is 9.84 Å². The predicted molar refractivity (Wildman–Crippen MR) is 70.9 cm³/mol. The average Bonchev–Trinajstić information content (AvgIpc) is 2.37. The van der Waals surface area contributed by atoms with E-state index in [-0.39, 0.29) is 18.3 Å². The van der Waals surface area contributed by atoms with E-state index >= 15 is 0 Å². The van der Waals surface area contributed by atoms with Crippen molar-refractivity contribution >= 4 is 0 Å². The largest absolute Gasteiger partial charge is 0.393 e. The van der Waals surface area contributed by atoms with E-state index in [1.807, 2.05) is 36.4 Å². The van der Waals surface area contributed by atoms with E-state index in [1.54, 1.807) is 0 Å². The van der Waals surface area contributed by atoms with Crippen molar-refractivity contribution in [3.05, 3.63) is 48.6 Å². The minimum atomic E-state index is -0.263. The number of aliphatic hydroxyl groups is 1. The Labute approximate surface area is 104 Å². The molecule has 0 aliphatic heterocycles. The number of ether oxygens (including phenoxy) is 1. The van der Waals surface area contributed by atoms with Gasteiger partial charge in [0.05, 0.1) is 12.2 Å².